The fourth-order valence-electron chi connectivity index (χ4n) is 1.42. The highest BCUT2D eigenvalue weighted by molar-refractivity contribution is 5.92. The van der Waals surface area contributed by atoms with Crippen molar-refractivity contribution in [3.05, 3.63) is 28.4 Å². The van der Waals surface area contributed by atoms with Gasteiger partial charge in [0.25, 0.3) is 11.5 Å². The Morgan fingerprint density at radius 1 is 1.59 bits per heavy atom. The summed E-state index contributed by atoms with van der Waals surface area (Å²) in [4.78, 5) is 28.7. The molecule has 1 atom stereocenters. The quantitative estimate of drug-likeness (QED) is 0.669. The van der Waals surface area contributed by atoms with E-state index in [9.17, 15) is 9.59 Å². The van der Waals surface area contributed by atoms with Crippen LogP contribution in [0.5, 0.6) is 0 Å². The lowest BCUT2D eigenvalue weighted by Crippen LogP contribution is -2.39. The maximum Gasteiger partial charge on any atom is 0.271 e. The van der Waals surface area contributed by atoms with Gasteiger partial charge in [0.1, 0.15) is 5.69 Å². The number of aromatic nitrogens is 2. The van der Waals surface area contributed by atoms with Crippen molar-refractivity contribution in [2.24, 2.45) is 5.92 Å². The van der Waals surface area contributed by atoms with Crippen molar-refractivity contribution in [2.45, 2.75) is 26.3 Å². The maximum absolute atomic E-state index is 11.8. The van der Waals surface area contributed by atoms with Gasteiger partial charge in [0, 0.05) is 18.8 Å². The molecule has 6 nitrogen and oxygen atoms in total. The number of aromatic amines is 1. The molecule has 0 radical (unpaired) electrons. The van der Waals surface area contributed by atoms with Crippen LogP contribution in [0.25, 0.3) is 0 Å². The molecule has 0 saturated heterocycles. The third-order valence-corrected chi connectivity index (χ3v) is 2.47. The van der Waals surface area contributed by atoms with E-state index in [4.69, 9.17) is 5.11 Å². The first-order chi connectivity index (χ1) is 8.04. The van der Waals surface area contributed by atoms with Gasteiger partial charge >= 0.3 is 0 Å². The lowest BCUT2D eigenvalue weighted by molar-refractivity contribution is 0.0911. The molecule has 6 heteroatoms. The van der Waals surface area contributed by atoms with Crippen molar-refractivity contribution in [1.82, 2.24) is 15.3 Å². The van der Waals surface area contributed by atoms with Gasteiger partial charge in [0.05, 0.1) is 6.20 Å². The fraction of sp³-hybridized carbons (Fsp3) is 0.545. The molecule has 0 aliphatic rings. The molecule has 1 rings (SSSR count). The normalized spacial score (nSPS) is 12.5. The minimum absolute atomic E-state index is 0.0160. The maximum atomic E-state index is 11.8. The molecule has 94 valence electrons. The van der Waals surface area contributed by atoms with E-state index in [1.54, 1.807) is 0 Å². The third-order valence-electron chi connectivity index (χ3n) is 2.47. The van der Waals surface area contributed by atoms with Gasteiger partial charge in [0.2, 0.25) is 0 Å². The van der Waals surface area contributed by atoms with E-state index in [-0.39, 0.29) is 35.7 Å². The van der Waals surface area contributed by atoms with E-state index < -0.39 is 0 Å². The Hall–Kier alpha value is -1.69. The minimum atomic E-state index is -0.353. The third kappa shape index (κ3) is 3.99. The van der Waals surface area contributed by atoms with Crippen molar-refractivity contribution in [1.29, 1.82) is 0 Å². The van der Waals surface area contributed by atoms with E-state index >= 15 is 0 Å². The minimum Gasteiger partial charge on any atom is -0.396 e. The second-order valence-corrected chi connectivity index (χ2v) is 4.13. The molecule has 1 heterocycles. The van der Waals surface area contributed by atoms with Gasteiger partial charge in [-0.1, -0.05) is 13.8 Å². The molecule has 1 aromatic heterocycles. The molecule has 1 unspecified atom stereocenters. The molecule has 1 amide bonds. The van der Waals surface area contributed by atoms with Crippen LogP contribution in [0, 0.1) is 5.92 Å². The highest BCUT2D eigenvalue weighted by Crippen LogP contribution is 2.06. The average molecular weight is 239 g/mol. The van der Waals surface area contributed by atoms with Crippen LogP contribution < -0.4 is 10.9 Å². The number of aliphatic hydroxyl groups excluding tert-OH is 1. The molecule has 0 spiro atoms. The number of nitrogens with one attached hydrogen (secondary N) is 2. The Kier molecular flexibility index (Phi) is 4.84. The zero-order valence-corrected chi connectivity index (χ0v) is 9.93. The zero-order valence-electron chi connectivity index (χ0n) is 9.93. The zero-order chi connectivity index (χ0) is 12.8. The Morgan fingerprint density at radius 2 is 2.29 bits per heavy atom. The fourth-order valence-corrected chi connectivity index (χ4v) is 1.42. The van der Waals surface area contributed by atoms with Gasteiger partial charge < -0.3 is 15.4 Å². The van der Waals surface area contributed by atoms with Gasteiger partial charge in [0.15, 0.2) is 0 Å². The molecule has 3 N–H and O–H groups in total. The smallest absolute Gasteiger partial charge is 0.271 e. The summed E-state index contributed by atoms with van der Waals surface area (Å²) in [7, 11) is 0. The van der Waals surface area contributed by atoms with E-state index in [0.29, 0.717) is 6.42 Å². The van der Waals surface area contributed by atoms with Crippen molar-refractivity contribution in [3.8, 4) is 0 Å². The summed E-state index contributed by atoms with van der Waals surface area (Å²) >= 11 is 0. The molecular formula is C11H17N3O3. The van der Waals surface area contributed by atoms with Crippen LogP contribution >= 0.6 is 0 Å². The van der Waals surface area contributed by atoms with Gasteiger partial charge in [-0.05, 0) is 12.3 Å². The highest BCUT2D eigenvalue weighted by atomic mass is 16.3. The van der Waals surface area contributed by atoms with Crippen molar-refractivity contribution < 1.29 is 9.90 Å². The predicted molar refractivity (Wildman–Crippen MR) is 62.7 cm³/mol. The highest BCUT2D eigenvalue weighted by Gasteiger charge is 2.17. The Labute approximate surface area is 99.1 Å². The first kappa shape index (κ1) is 13.4. The lowest BCUT2D eigenvalue weighted by atomic mass is 10.0. The number of carbonyl (C=O) groups excluding carboxylic acids is 1. The van der Waals surface area contributed by atoms with Crippen LogP contribution in [0.4, 0.5) is 0 Å². The first-order valence-electron chi connectivity index (χ1n) is 5.51. The van der Waals surface area contributed by atoms with Crippen LogP contribution in [-0.2, 0) is 0 Å². The van der Waals surface area contributed by atoms with E-state index in [0.717, 1.165) is 6.20 Å². The largest absolute Gasteiger partial charge is 0.396 e. The van der Waals surface area contributed by atoms with Gasteiger partial charge in [-0.15, -0.1) is 0 Å². The summed E-state index contributed by atoms with van der Waals surface area (Å²) in [5, 5.41) is 11.7. The standard InChI is InChI=1S/C11H17N3O3/c1-7(2)8(3-4-15)14-11(17)9-5-13-10(16)6-12-9/h5-8,15H,3-4H2,1-2H3,(H,13,16)(H,14,17). The van der Waals surface area contributed by atoms with E-state index in [1.165, 1.54) is 6.20 Å². The van der Waals surface area contributed by atoms with Gasteiger partial charge in [-0.25, -0.2) is 4.98 Å². The molecule has 0 saturated carbocycles. The topological polar surface area (TPSA) is 95.1 Å². The van der Waals surface area contributed by atoms with E-state index in [2.05, 4.69) is 15.3 Å². The summed E-state index contributed by atoms with van der Waals surface area (Å²) < 4.78 is 0. The van der Waals surface area contributed by atoms with Crippen LogP contribution in [-0.4, -0.2) is 33.6 Å². The van der Waals surface area contributed by atoms with Crippen LogP contribution in [0.1, 0.15) is 30.8 Å². The number of amides is 1. The van der Waals surface area contributed by atoms with Crippen LogP contribution in [0.15, 0.2) is 17.2 Å². The van der Waals surface area contributed by atoms with Crippen LogP contribution in [0.3, 0.4) is 0 Å². The Balaban J connectivity index is 2.70. The summed E-state index contributed by atoms with van der Waals surface area (Å²) in [6, 6.07) is -0.110. The number of nitrogens with zero attached hydrogens (tertiary/aromatic N) is 1. The summed E-state index contributed by atoms with van der Waals surface area (Å²) in [6.07, 6.45) is 2.83. The summed E-state index contributed by atoms with van der Waals surface area (Å²) in [5.41, 5.74) is -0.189. The van der Waals surface area contributed by atoms with Crippen molar-refractivity contribution in [2.75, 3.05) is 6.61 Å². The Morgan fingerprint density at radius 3 is 2.76 bits per heavy atom. The second-order valence-electron chi connectivity index (χ2n) is 4.13. The number of hydrogen-bond acceptors (Lipinski definition) is 4. The molecule has 1 aromatic rings. The van der Waals surface area contributed by atoms with Crippen molar-refractivity contribution in [3.63, 3.8) is 0 Å². The number of rotatable bonds is 5. The average Bonchev–Trinajstić information content (AvgIpc) is 2.29. The molecule has 0 aliphatic heterocycles. The second kappa shape index (κ2) is 6.15. The number of carbonyl (C=O) groups is 1. The van der Waals surface area contributed by atoms with Gasteiger partial charge in [-0.2, -0.15) is 0 Å². The first-order valence-corrected chi connectivity index (χ1v) is 5.51. The van der Waals surface area contributed by atoms with E-state index in [1.807, 2.05) is 13.8 Å². The number of aliphatic hydroxyl groups is 1. The predicted octanol–water partition coefficient (Wildman–Crippen LogP) is -0.0933. The molecular weight excluding hydrogens is 222 g/mol. The SMILES string of the molecule is CC(C)C(CCO)NC(=O)c1c[nH]c(=O)cn1. The molecule has 0 aliphatic carbocycles. The Bertz CT molecular complexity index is 408. The molecule has 0 bridgehead atoms. The molecule has 0 aromatic carbocycles. The van der Waals surface area contributed by atoms with Crippen LogP contribution in [0.2, 0.25) is 0 Å². The number of hydrogen-bond donors (Lipinski definition) is 3. The number of H-pyrrole nitrogens is 1. The van der Waals surface area contributed by atoms with Gasteiger partial charge in [-0.3, -0.25) is 9.59 Å². The summed E-state index contributed by atoms with van der Waals surface area (Å²) in [5.74, 6) is -0.137. The lowest BCUT2D eigenvalue weighted by Gasteiger charge is -2.21. The summed E-state index contributed by atoms with van der Waals surface area (Å²) in [6.45, 7) is 3.93. The molecule has 0 fully saturated rings. The molecule has 17 heavy (non-hydrogen) atoms. The van der Waals surface area contributed by atoms with Crippen molar-refractivity contribution >= 4 is 5.91 Å². The monoisotopic (exact) mass is 239 g/mol.